The fourth-order valence-electron chi connectivity index (χ4n) is 2.22. The van der Waals surface area contributed by atoms with Crippen molar-refractivity contribution in [1.82, 2.24) is 10.1 Å². The molecule has 0 atom stereocenters. The van der Waals surface area contributed by atoms with Crippen LogP contribution in [0.1, 0.15) is 34.7 Å². The third-order valence-electron chi connectivity index (χ3n) is 3.71. The largest absolute Gasteiger partial charge is 0.493 e. The minimum absolute atomic E-state index is 0.0469. The molecule has 0 saturated heterocycles. The summed E-state index contributed by atoms with van der Waals surface area (Å²) in [5, 5.41) is 3.90. The zero-order valence-electron chi connectivity index (χ0n) is 12.9. The fourth-order valence-corrected chi connectivity index (χ4v) is 2.22. The Kier molecular flexibility index (Phi) is 4.13. The van der Waals surface area contributed by atoms with Gasteiger partial charge in [-0.2, -0.15) is 0 Å². The fraction of sp³-hybridized carbons (Fsp3) is 0.412. The summed E-state index contributed by atoms with van der Waals surface area (Å²) in [5.41, 5.74) is 1.39. The van der Waals surface area contributed by atoms with Crippen molar-refractivity contribution < 1.29 is 14.1 Å². The molecule has 0 aliphatic heterocycles. The van der Waals surface area contributed by atoms with Crippen LogP contribution < -0.4 is 4.74 Å². The maximum atomic E-state index is 12.4. The van der Waals surface area contributed by atoms with E-state index in [0.29, 0.717) is 12.1 Å². The number of aromatic nitrogens is 1. The normalized spacial score (nSPS) is 13.9. The molecule has 1 amide bonds. The number of hydrogen-bond donors (Lipinski definition) is 0. The van der Waals surface area contributed by atoms with E-state index < -0.39 is 0 Å². The van der Waals surface area contributed by atoms with E-state index in [-0.39, 0.29) is 5.91 Å². The van der Waals surface area contributed by atoms with Gasteiger partial charge in [-0.1, -0.05) is 5.16 Å². The van der Waals surface area contributed by atoms with Gasteiger partial charge in [0.2, 0.25) is 0 Å². The maximum Gasteiger partial charge on any atom is 0.253 e. The van der Waals surface area contributed by atoms with Gasteiger partial charge in [0.25, 0.3) is 5.91 Å². The Bertz CT molecular complexity index is 644. The Morgan fingerprint density at radius 3 is 2.68 bits per heavy atom. The Morgan fingerprint density at radius 1 is 1.36 bits per heavy atom. The van der Waals surface area contributed by atoms with Gasteiger partial charge in [0.1, 0.15) is 17.2 Å². The summed E-state index contributed by atoms with van der Waals surface area (Å²) in [6.07, 6.45) is 2.53. The molecular weight excluding hydrogens is 280 g/mol. The summed E-state index contributed by atoms with van der Waals surface area (Å²) >= 11 is 0. The van der Waals surface area contributed by atoms with Gasteiger partial charge in [-0.25, -0.2) is 0 Å². The topological polar surface area (TPSA) is 55.6 Å². The van der Waals surface area contributed by atoms with Crippen molar-refractivity contribution in [2.75, 3.05) is 13.7 Å². The third kappa shape index (κ3) is 3.67. The first-order valence-corrected chi connectivity index (χ1v) is 7.52. The molecular formula is C17H20N2O3. The van der Waals surface area contributed by atoms with Gasteiger partial charge in [-0.05, 0) is 49.9 Å². The van der Waals surface area contributed by atoms with E-state index in [4.69, 9.17) is 9.26 Å². The lowest BCUT2D eigenvalue weighted by Crippen LogP contribution is -2.26. The molecule has 1 fully saturated rings. The Morgan fingerprint density at radius 2 is 2.09 bits per heavy atom. The zero-order valence-corrected chi connectivity index (χ0v) is 12.9. The van der Waals surface area contributed by atoms with E-state index in [2.05, 4.69) is 5.16 Å². The van der Waals surface area contributed by atoms with Gasteiger partial charge in [-0.3, -0.25) is 4.79 Å². The molecule has 1 saturated carbocycles. The van der Waals surface area contributed by atoms with Crippen LogP contribution in [-0.2, 0) is 6.54 Å². The van der Waals surface area contributed by atoms with E-state index >= 15 is 0 Å². The third-order valence-corrected chi connectivity index (χ3v) is 3.71. The molecule has 0 radical (unpaired) electrons. The number of hydrogen-bond acceptors (Lipinski definition) is 4. The second kappa shape index (κ2) is 6.22. The average Bonchev–Trinajstić information content (AvgIpc) is 3.27. The molecule has 22 heavy (non-hydrogen) atoms. The van der Waals surface area contributed by atoms with Crippen LogP contribution in [0, 0.1) is 12.8 Å². The molecule has 0 spiro atoms. The Hall–Kier alpha value is -2.30. The van der Waals surface area contributed by atoms with Crippen LogP contribution in [0.25, 0.3) is 0 Å². The van der Waals surface area contributed by atoms with Gasteiger partial charge < -0.3 is 14.2 Å². The van der Waals surface area contributed by atoms with Crippen molar-refractivity contribution in [2.24, 2.45) is 5.92 Å². The quantitative estimate of drug-likeness (QED) is 0.823. The lowest BCUT2D eigenvalue weighted by atomic mass is 10.2. The van der Waals surface area contributed by atoms with Crippen LogP contribution >= 0.6 is 0 Å². The average molecular weight is 300 g/mol. The number of rotatable bonds is 6. The van der Waals surface area contributed by atoms with Gasteiger partial charge in [0.15, 0.2) is 0 Å². The second-order valence-corrected chi connectivity index (χ2v) is 5.87. The maximum absolute atomic E-state index is 12.4. The van der Waals surface area contributed by atoms with Gasteiger partial charge >= 0.3 is 0 Å². The lowest BCUT2D eigenvalue weighted by molar-refractivity contribution is 0.0782. The van der Waals surface area contributed by atoms with Crippen LogP contribution in [0.3, 0.4) is 0 Å². The molecule has 0 bridgehead atoms. The lowest BCUT2D eigenvalue weighted by Gasteiger charge is -2.15. The molecule has 116 valence electrons. The van der Waals surface area contributed by atoms with Crippen molar-refractivity contribution in [3.63, 3.8) is 0 Å². The van der Waals surface area contributed by atoms with E-state index in [1.54, 1.807) is 24.1 Å². The predicted octanol–water partition coefficient (Wildman–Crippen LogP) is 3.04. The number of nitrogens with zero attached hydrogens (tertiary/aromatic N) is 2. The van der Waals surface area contributed by atoms with Crippen molar-refractivity contribution >= 4 is 5.91 Å². The molecule has 1 aromatic carbocycles. The minimum atomic E-state index is -0.0469. The van der Waals surface area contributed by atoms with Crippen molar-refractivity contribution in [1.29, 1.82) is 0 Å². The van der Waals surface area contributed by atoms with Crippen LogP contribution in [0.4, 0.5) is 0 Å². The van der Waals surface area contributed by atoms with Gasteiger partial charge in [0.05, 0.1) is 13.2 Å². The van der Waals surface area contributed by atoms with Gasteiger partial charge in [-0.15, -0.1) is 0 Å². The number of benzene rings is 1. The number of amides is 1. The van der Waals surface area contributed by atoms with E-state index in [1.165, 1.54) is 12.8 Å². The van der Waals surface area contributed by atoms with Crippen LogP contribution in [-0.4, -0.2) is 29.6 Å². The molecule has 1 aliphatic rings. The van der Waals surface area contributed by atoms with Crippen LogP contribution in [0.2, 0.25) is 0 Å². The summed E-state index contributed by atoms with van der Waals surface area (Å²) in [4.78, 5) is 14.0. The first-order valence-electron chi connectivity index (χ1n) is 7.52. The number of carbonyl (C=O) groups excluding carboxylic acids is 1. The van der Waals surface area contributed by atoms with Crippen LogP contribution in [0.15, 0.2) is 34.9 Å². The van der Waals surface area contributed by atoms with Crippen molar-refractivity contribution in [3.8, 4) is 5.75 Å². The summed E-state index contributed by atoms with van der Waals surface area (Å²) in [6.45, 7) is 3.04. The van der Waals surface area contributed by atoms with Crippen LogP contribution in [0.5, 0.6) is 5.75 Å². The molecule has 2 aromatic rings. The van der Waals surface area contributed by atoms with E-state index in [1.807, 2.05) is 25.1 Å². The highest BCUT2D eigenvalue weighted by atomic mass is 16.5. The van der Waals surface area contributed by atoms with E-state index in [0.717, 1.165) is 29.7 Å². The molecule has 5 heteroatoms. The SMILES string of the molecule is Cc1cc(CN(C)C(=O)c2ccc(OCC3CC3)cc2)no1. The van der Waals surface area contributed by atoms with Crippen molar-refractivity contribution in [2.45, 2.75) is 26.3 Å². The Labute approximate surface area is 129 Å². The van der Waals surface area contributed by atoms with Crippen molar-refractivity contribution in [3.05, 3.63) is 47.3 Å². The smallest absolute Gasteiger partial charge is 0.253 e. The summed E-state index contributed by atoms with van der Waals surface area (Å²) in [5.74, 6) is 2.24. The first kappa shape index (κ1) is 14.6. The summed E-state index contributed by atoms with van der Waals surface area (Å²) in [7, 11) is 1.75. The minimum Gasteiger partial charge on any atom is -0.493 e. The number of carbonyl (C=O) groups is 1. The Balaban J connectivity index is 1.58. The summed E-state index contributed by atoms with van der Waals surface area (Å²) in [6, 6.07) is 9.14. The monoisotopic (exact) mass is 300 g/mol. The molecule has 1 heterocycles. The predicted molar refractivity (Wildman–Crippen MR) is 81.7 cm³/mol. The highest BCUT2D eigenvalue weighted by molar-refractivity contribution is 5.94. The molecule has 1 aromatic heterocycles. The second-order valence-electron chi connectivity index (χ2n) is 5.87. The molecule has 1 aliphatic carbocycles. The zero-order chi connectivity index (χ0) is 15.5. The highest BCUT2D eigenvalue weighted by Crippen LogP contribution is 2.29. The summed E-state index contributed by atoms with van der Waals surface area (Å²) < 4.78 is 10.7. The molecule has 5 nitrogen and oxygen atoms in total. The molecule has 0 unspecified atom stereocenters. The number of ether oxygens (including phenoxy) is 1. The molecule has 3 rings (SSSR count). The molecule has 0 N–H and O–H groups in total. The standard InChI is InChI=1S/C17H20N2O3/c1-12-9-15(18-22-12)10-19(2)17(20)14-5-7-16(8-6-14)21-11-13-3-4-13/h5-9,13H,3-4,10-11H2,1-2H3. The highest BCUT2D eigenvalue weighted by Gasteiger charge is 2.22. The van der Waals surface area contributed by atoms with E-state index in [9.17, 15) is 4.79 Å². The number of aryl methyl sites for hydroxylation is 1. The van der Waals surface area contributed by atoms with Gasteiger partial charge in [0, 0.05) is 18.7 Å². The first-order chi connectivity index (χ1) is 10.6.